The third-order valence-corrected chi connectivity index (χ3v) is 4.16. The Bertz CT molecular complexity index is 250. The largest absolute Gasteiger partial charge is 0.466 e. The number of ether oxygens (including phenoxy) is 2. The minimum absolute atomic E-state index is 0.160. The maximum Gasteiger partial charge on any atom is 0.307 e. The van der Waals surface area contributed by atoms with Crippen molar-refractivity contribution in [3.8, 4) is 0 Å². The molecule has 1 aliphatic carbocycles. The number of halogens is 1. The smallest absolute Gasteiger partial charge is 0.307 e. The van der Waals surface area contributed by atoms with E-state index in [1.54, 1.807) is 14.0 Å². The van der Waals surface area contributed by atoms with Crippen molar-refractivity contribution in [2.24, 2.45) is 11.7 Å². The molecule has 0 aromatic rings. The summed E-state index contributed by atoms with van der Waals surface area (Å²) < 4.78 is 10.4. The average molecular weight is 308 g/mol. The average Bonchev–Trinajstić information content (AvgIpc) is 2.29. The topological polar surface area (TPSA) is 61.5 Å². The number of nitrogens with two attached hydrogens (primary N) is 1. The molecule has 5 heteroatoms. The van der Waals surface area contributed by atoms with Gasteiger partial charge in [-0.1, -0.05) is 15.9 Å². The van der Waals surface area contributed by atoms with Crippen LogP contribution in [0.5, 0.6) is 0 Å². The number of alkyl halides is 1. The molecule has 1 saturated carbocycles. The first-order chi connectivity index (χ1) is 8.08. The van der Waals surface area contributed by atoms with E-state index in [4.69, 9.17) is 15.2 Å². The van der Waals surface area contributed by atoms with Crippen LogP contribution < -0.4 is 5.73 Å². The predicted octanol–water partition coefficient (Wildman–Crippen LogP) is 1.85. The maximum absolute atomic E-state index is 11.4. The first-order valence-corrected chi connectivity index (χ1v) is 7.08. The van der Waals surface area contributed by atoms with Gasteiger partial charge in [0.2, 0.25) is 0 Å². The highest BCUT2D eigenvalue weighted by molar-refractivity contribution is 9.09. The normalized spacial score (nSPS) is 30.9. The van der Waals surface area contributed by atoms with E-state index in [-0.39, 0.29) is 30.5 Å². The van der Waals surface area contributed by atoms with Crippen molar-refractivity contribution < 1.29 is 14.3 Å². The molecule has 4 atom stereocenters. The lowest BCUT2D eigenvalue weighted by Crippen LogP contribution is -2.44. The maximum atomic E-state index is 11.4. The molecule has 0 saturated heterocycles. The van der Waals surface area contributed by atoms with E-state index in [0.29, 0.717) is 11.4 Å². The van der Waals surface area contributed by atoms with Gasteiger partial charge >= 0.3 is 5.97 Å². The number of carbonyl (C=O) groups excluding carboxylic acids is 1. The van der Waals surface area contributed by atoms with Crippen LogP contribution in [0.15, 0.2) is 0 Å². The zero-order valence-electron chi connectivity index (χ0n) is 10.5. The van der Waals surface area contributed by atoms with Gasteiger partial charge in [0.25, 0.3) is 0 Å². The quantitative estimate of drug-likeness (QED) is 0.622. The molecule has 2 N–H and O–H groups in total. The molecule has 1 fully saturated rings. The van der Waals surface area contributed by atoms with Crippen LogP contribution >= 0.6 is 15.9 Å². The lowest BCUT2D eigenvalue weighted by Gasteiger charge is -2.36. The molecular weight excluding hydrogens is 286 g/mol. The van der Waals surface area contributed by atoms with Gasteiger partial charge in [-0.05, 0) is 26.2 Å². The van der Waals surface area contributed by atoms with Crippen LogP contribution in [0.25, 0.3) is 0 Å². The van der Waals surface area contributed by atoms with Gasteiger partial charge in [0, 0.05) is 23.9 Å². The molecular formula is C12H22BrNO3. The Balaban J connectivity index is 2.51. The zero-order chi connectivity index (χ0) is 12.8. The second-order valence-electron chi connectivity index (χ2n) is 4.52. The molecule has 17 heavy (non-hydrogen) atoms. The van der Waals surface area contributed by atoms with E-state index >= 15 is 0 Å². The third kappa shape index (κ3) is 4.56. The van der Waals surface area contributed by atoms with Gasteiger partial charge in [-0.2, -0.15) is 0 Å². The second kappa shape index (κ2) is 7.34. The molecule has 1 aliphatic rings. The first kappa shape index (κ1) is 14.9. The van der Waals surface area contributed by atoms with Gasteiger partial charge in [0.15, 0.2) is 0 Å². The summed E-state index contributed by atoms with van der Waals surface area (Å²) in [5.74, 6) is 0.00841. The highest BCUT2D eigenvalue weighted by Crippen LogP contribution is 2.33. The molecule has 0 radical (unpaired) electrons. The van der Waals surface area contributed by atoms with Gasteiger partial charge in [0.1, 0.15) is 0 Å². The molecule has 100 valence electrons. The number of carbonyl (C=O) groups is 1. The van der Waals surface area contributed by atoms with Crippen LogP contribution in [-0.4, -0.2) is 36.7 Å². The standard InChI is InChI=1S/C12H22BrNO3/c1-3-17-12(15)7-10(14)9-6-8(13)4-5-11(9)16-2/h8-11H,3-7,14H2,1-2H3. The molecule has 0 amide bonds. The molecule has 0 bridgehead atoms. The summed E-state index contributed by atoms with van der Waals surface area (Å²) in [6.45, 7) is 2.21. The lowest BCUT2D eigenvalue weighted by atomic mass is 9.80. The van der Waals surface area contributed by atoms with Crippen molar-refractivity contribution in [1.82, 2.24) is 0 Å². The van der Waals surface area contributed by atoms with E-state index < -0.39 is 0 Å². The lowest BCUT2D eigenvalue weighted by molar-refractivity contribution is -0.144. The third-order valence-electron chi connectivity index (χ3n) is 3.33. The number of hydrogen-bond acceptors (Lipinski definition) is 4. The van der Waals surface area contributed by atoms with Crippen LogP contribution in [0, 0.1) is 5.92 Å². The summed E-state index contributed by atoms with van der Waals surface area (Å²) in [6, 6.07) is -0.181. The molecule has 0 aromatic carbocycles. The molecule has 0 aromatic heterocycles. The summed E-state index contributed by atoms with van der Waals surface area (Å²) >= 11 is 3.62. The Kier molecular flexibility index (Phi) is 6.44. The van der Waals surface area contributed by atoms with Crippen LogP contribution in [0.1, 0.15) is 32.6 Å². The number of hydrogen-bond donors (Lipinski definition) is 1. The molecule has 0 aliphatic heterocycles. The van der Waals surface area contributed by atoms with Gasteiger partial charge in [0.05, 0.1) is 19.1 Å². The van der Waals surface area contributed by atoms with Gasteiger partial charge in [-0.3, -0.25) is 4.79 Å². The molecule has 0 heterocycles. The van der Waals surface area contributed by atoms with Crippen LogP contribution in [-0.2, 0) is 14.3 Å². The van der Waals surface area contributed by atoms with Gasteiger partial charge in [-0.25, -0.2) is 0 Å². The summed E-state index contributed by atoms with van der Waals surface area (Å²) in [5, 5.41) is 0. The van der Waals surface area contributed by atoms with Crippen LogP contribution in [0.4, 0.5) is 0 Å². The molecule has 4 nitrogen and oxygen atoms in total. The van der Waals surface area contributed by atoms with E-state index in [1.165, 1.54) is 0 Å². The Labute approximate surface area is 111 Å². The monoisotopic (exact) mass is 307 g/mol. The Morgan fingerprint density at radius 1 is 1.53 bits per heavy atom. The van der Waals surface area contributed by atoms with Crippen molar-refractivity contribution in [3.63, 3.8) is 0 Å². The van der Waals surface area contributed by atoms with E-state index in [9.17, 15) is 4.79 Å². The van der Waals surface area contributed by atoms with E-state index in [0.717, 1.165) is 19.3 Å². The highest BCUT2D eigenvalue weighted by Gasteiger charge is 2.34. The molecule has 4 unspecified atom stereocenters. The number of esters is 1. The summed E-state index contributed by atoms with van der Waals surface area (Å²) in [6.07, 6.45) is 3.49. The highest BCUT2D eigenvalue weighted by atomic mass is 79.9. The number of rotatable bonds is 5. The minimum Gasteiger partial charge on any atom is -0.466 e. The minimum atomic E-state index is -0.216. The predicted molar refractivity (Wildman–Crippen MR) is 70.1 cm³/mol. The fraction of sp³-hybridized carbons (Fsp3) is 0.917. The van der Waals surface area contributed by atoms with Gasteiger partial charge in [-0.15, -0.1) is 0 Å². The fourth-order valence-electron chi connectivity index (χ4n) is 2.43. The number of methoxy groups -OCH3 is 1. The van der Waals surface area contributed by atoms with Crippen molar-refractivity contribution >= 4 is 21.9 Å². The fourth-order valence-corrected chi connectivity index (χ4v) is 3.13. The summed E-state index contributed by atoms with van der Waals surface area (Å²) in [7, 11) is 1.71. The first-order valence-electron chi connectivity index (χ1n) is 6.16. The Hall–Kier alpha value is -0.130. The SMILES string of the molecule is CCOC(=O)CC(N)C1CC(Br)CCC1OC. The summed E-state index contributed by atoms with van der Waals surface area (Å²) in [4.78, 5) is 11.9. The zero-order valence-corrected chi connectivity index (χ0v) is 12.1. The van der Waals surface area contributed by atoms with Crippen LogP contribution in [0.2, 0.25) is 0 Å². The van der Waals surface area contributed by atoms with Crippen molar-refractivity contribution in [2.45, 2.75) is 49.6 Å². The van der Waals surface area contributed by atoms with E-state index in [1.807, 2.05) is 0 Å². The van der Waals surface area contributed by atoms with Crippen molar-refractivity contribution in [3.05, 3.63) is 0 Å². The molecule has 0 spiro atoms. The second-order valence-corrected chi connectivity index (χ2v) is 5.82. The van der Waals surface area contributed by atoms with Crippen molar-refractivity contribution in [1.29, 1.82) is 0 Å². The Morgan fingerprint density at radius 3 is 2.82 bits per heavy atom. The Morgan fingerprint density at radius 2 is 2.24 bits per heavy atom. The summed E-state index contributed by atoms with van der Waals surface area (Å²) in [5.41, 5.74) is 6.11. The van der Waals surface area contributed by atoms with Gasteiger partial charge < -0.3 is 15.2 Å². The van der Waals surface area contributed by atoms with Crippen LogP contribution in [0.3, 0.4) is 0 Å². The van der Waals surface area contributed by atoms with E-state index in [2.05, 4.69) is 15.9 Å². The molecule has 1 rings (SSSR count). The van der Waals surface area contributed by atoms with Crippen molar-refractivity contribution in [2.75, 3.05) is 13.7 Å².